The van der Waals surface area contributed by atoms with E-state index >= 15 is 0 Å². The van der Waals surface area contributed by atoms with Crippen LogP contribution in [0.15, 0.2) is 77.6 Å². The van der Waals surface area contributed by atoms with Crippen LogP contribution in [0.3, 0.4) is 0 Å². The SMILES string of the molecule is O=C1C2c3c([nH]c4ccccc4c3=O)C(c3ccc4c(c3)OCO4)N2C(=O)CN1Cc1ccccc1. The highest BCUT2D eigenvalue weighted by atomic mass is 16.7. The molecule has 0 bridgehead atoms. The fraction of sp³-hybridized carbons (Fsp3) is 0.179. The number of nitrogens with zero attached hydrogens (tertiary/aromatic N) is 2. The molecule has 2 unspecified atom stereocenters. The van der Waals surface area contributed by atoms with Gasteiger partial charge in [0, 0.05) is 17.4 Å². The largest absolute Gasteiger partial charge is 0.454 e. The molecule has 3 aliphatic heterocycles. The van der Waals surface area contributed by atoms with Gasteiger partial charge in [0.25, 0.3) is 5.91 Å². The zero-order chi connectivity index (χ0) is 24.4. The van der Waals surface area contributed by atoms with E-state index in [0.717, 1.165) is 11.1 Å². The van der Waals surface area contributed by atoms with Gasteiger partial charge in [-0.3, -0.25) is 14.4 Å². The summed E-state index contributed by atoms with van der Waals surface area (Å²) in [5.41, 5.74) is 2.98. The summed E-state index contributed by atoms with van der Waals surface area (Å²) >= 11 is 0. The Bertz CT molecular complexity index is 1610. The maximum absolute atomic E-state index is 13.9. The molecule has 3 aromatic carbocycles. The predicted molar refractivity (Wildman–Crippen MR) is 130 cm³/mol. The molecule has 1 fully saturated rings. The number of fused-ring (bicyclic) bond motifs is 5. The standard InChI is InChI=1S/C28H21N3O5/c32-22-14-30(13-16-6-2-1-3-7-16)28(34)26-23-24(29-19-9-5-4-8-18(19)27(23)33)25(31(22)26)17-10-11-20-21(12-17)36-15-35-20/h1-12,25-26H,13-15H2,(H,29,33). The minimum absolute atomic E-state index is 0.0625. The predicted octanol–water partition coefficient (Wildman–Crippen LogP) is 3.27. The van der Waals surface area contributed by atoms with Crippen LogP contribution >= 0.6 is 0 Å². The summed E-state index contributed by atoms with van der Waals surface area (Å²) in [6.45, 7) is 0.359. The number of para-hydroxylation sites is 1. The summed E-state index contributed by atoms with van der Waals surface area (Å²) < 4.78 is 11.0. The summed E-state index contributed by atoms with van der Waals surface area (Å²) in [4.78, 5) is 47.9. The first kappa shape index (κ1) is 20.8. The molecular weight excluding hydrogens is 458 g/mol. The number of hydrogen-bond donors (Lipinski definition) is 1. The number of hydrogen-bond acceptors (Lipinski definition) is 5. The molecule has 0 aliphatic carbocycles. The van der Waals surface area contributed by atoms with Gasteiger partial charge in [0.1, 0.15) is 12.6 Å². The van der Waals surface area contributed by atoms with Crippen LogP contribution in [0, 0.1) is 0 Å². The third kappa shape index (κ3) is 2.97. The summed E-state index contributed by atoms with van der Waals surface area (Å²) in [7, 11) is 0. The van der Waals surface area contributed by atoms with Crippen molar-refractivity contribution in [1.29, 1.82) is 0 Å². The molecule has 7 rings (SSSR count). The van der Waals surface area contributed by atoms with E-state index in [9.17, 15) is 14.4 Å². The topological polar surface area (TPSA) is 91.9 Å². The van der Waals surface area contributed by atoms with Crippen molar-refractivity contribution in [2.75, 3.05) is 13.3 Å². The number of benzene rings is 3. The number of aromatic amines is 1. The molecule has 36 heavy (non-hydrogen) atoms. The van der Waals surface area contributed by atoms with E-state index in [1.54, 1.807) is 28.0 Å². The Kier molecular flexibility index (Phi) is 4.44. The van der Waals surface area contributed by atoms with Crippen LogP contribution < -0.4 is 14.9 Å². The van der Waals surface area contributed by atoms with Gasteiger partial charge in [0.2, 0.25) is 12.7 Å². The highest BCUT2D eigenvalue weighted by Crippen LogP contribution is 2.48. The molecule has 3 aliphatic rings. The molecule has 8 heteroatoms. The minimum Gasteiger partial charge on any atom is -0.454 e. The Morgan fingerprint density at radius 1 is 0.861 bits per heavy atom. The second kappa shape index (κ2) is 7.71. The van der Waals surface area contributed by atoms with E-state index in [1.165, 1.54) is 0 Å². The second-order valence-electron chi connectivity index (χ2n) is 9.23. The number of rotatable bonds is 3. The number of pyridine rings is 1. The Hall–Kier alpha value is -4.59. The van der Waals surface area contributed by atoms with Gasteiger partial charge in [-0.15, -0.1) is 0 Å². The fourth-order valence-electron chi connectivity index (χ4n) is 5.56. The summed E-state index contributed by atoms with van der Waals surface area (Å²) in [6.07, 6.45) is 0. The highest BCUT2D eigenvalue weighted by molar-refractivity contribution is 5.98. The molecule has 1 N–H and O–H groups in total. The summed E-state index contributed by atoms with van der Waals surface area (Å²) in [5.74, 6) is 0.715. The Labute approximate surface area is 205 Å². The van der Waals surface area contributed by atoms with E-state index < -0.39 is 12.1 Å². The summed E-state index contributed by atoms with van der Waals surface area (Å²) in [6, 6.07) is 20.6. The lowest BCUT2D eigenvalue weighted by Gasteiger charge is -2.39. The molecule has 0 saturated carbocycles. The number of piperazine rings is 1. The second-order valence-corrected chi connectivity index (χ2v) is 9.23. The highest BCUT2D eigenvalue weighted by Gasteiger charge is 2.52. The van der Waals surface area contributed by atoms with Crippen molar-refractivity contribution in [2.24, 2.45) is 0 Å². The van der Waals surface area contributed by atoms with Crippen LogP contribution in [0.2, 0.25) is 0 Å². The van der Waals surface area contributed by atoms with Crippen molar-refractivity contribution in [3.63, 3.8) is 0 Å². The van der Waals surface area contributed by atoms with Gasteiger partial charge in [-0.05, 0) is 35.4 Å². The molecule has 4 heterocycles. The van der Waals surface area contributed by atoms with Crippen molar-refractivity contribution >= 4 is 22.7 Å². The molecule has 0 radical (unpaired) electrons. The number of carbonyl (C=O) groups excluding carboxylic acids is 2. The van der Waals surface area contributed by atoms with Crippen LogP contribution in [0.25, 0.3) is 10.9 Å². The van der Waals surface area contributed by atoms with E-state index in [0.29, 0.717) is 40.2 Å². The van der Waals surface area contributed by atoms with E-state index in [-0.39, 0.29) is 30.6 Å². The van der Waals surface area contributed by atoms with Crippen molar-refractivity contribution in [3.05, 3.63) is 105 Å². The van der Waals surface area contributed by atoms with Gasteiger partial charge in [-0.2, -0.15) is 0 Å². The van der Waals surface area contributed by atoms with Gasteiger partial charge in [0.05, 0.1) is 17.3 Å². The number of ether oxygens (including phenoxy) is 2. The van der Waals surface area contributed by atoms with E-state index in [1.807, 2.05) is 54.6 Å². The molecule has 8 nitrogen and oxygen atoms in total. The fourth-order valence-corrected chi connectivity index (χ4v) is 5.56. The van der Waals surface area contributed by atoms with Crippen LogP contribution in [0.1, 0.15) is 34.5 Å². The van der Waals surface area contributed by atoms with Gasteiger partial charge in [-0.25, -0.2) is 0 Å². The van der Waals surface area contributed by atoms with Crippen LogP contribution in [0.4, 0.5) is 0 Å². The Morgan fingerprint density at radius 2 is 1.64 bits per heavy atom. The smallest absolute Gasteiger partial charge is 0.251 e. The van der Waals surface area contributed by atoms with Crippen LogP contribution in [-0.4, -0.2) is 39.9 Å². The van der Waals surface area contributed by atoms with E-state index in [2.05, 4.69) is 4.98 Å². The first-order valence-electron chi connectivity index (χ1n) is 11.8. The van der Waals surface area contributed by atoms with Crippen LogP contribution in [0.5, 0.6) is 11.5 Å². The van der Waals surface area contributed by atoms with Crippen molar-refractivity contribution < 1.29 is 19.1 Å². The normalized spacial score (nSPS) is 20.1. The van der Waals surface area contributed by atoms with Crippen LogP contribution in [-0.2, 0) is 16.1 Å². The molecule has 2 atom stereocenters. The third-order valence-corrected chi connectivity index (χ3v) is 7.17. The number of aromatic nitrogens is 1. The molecule has 1 aromatic heterocycles. The number of nitrogens with one attached hydrogen (secondary N) is 1. The lowest BCUT2D eigenvalue weighted by molar-refractivity contribution is -0.157. The third-order valence-electron chi connectivity index (χ3n) is 7.17. The average Bonchev–Trinajstić information content (AvgIpc) is 3.50. The summed E-state index contributed by atoms with van der Waals surface area (Å²) in [5, 5.41) is 0.489. The number of amides is 2. The molecule has 178 valence electrons. The van der Waals surface area contributed by atoms with Gasteiger partial charge >= 0.3 is 0 Å². The number of carbonyl (C=O) groups is 2. The van der Waals surface area contributed by atoms with Crippen molar-refractivity contribution in [1.82, 2.24) is 14.8 Å². The number of H-pyrrole nitrogens is 1. The molecule has 1 saturated heterocycles. The van der Waals surface area contributed by atoms with Crippen molar-refractivity contribution in [2.45, 2.75) is 18.6 Å². The maximum Gasteiger partial charge on any atom is 0.251 e. The zero-order valence-electron chi connectivity index (χ0n) is 19.1. The monoisotopic (exact) mass is 479 g/mol. The minimum atomic E-state index is -1.01. The molecule has 0 spiro atoms. The molecule has 4 aromatic rings. The van der Waals surface area contributed by atoms with Gasteiger partial charge in [0.15, 0.2) is 16.9 Å². The molecule has 2 amide bonds. The average molecular weight is 479 g/mol. The molecular formula is C28H21N3O5. The van der Waals surface area contributed by atoms with Gasteiger partial charge in [-0.1, -0.05) is 48.5 Å². The van der Waals surface area contributed by atoms with Crippen molar-refractivity contribution in [3.8, 4) is 11.5 Å². The first-order chi connectivity index (χ1) is 17.6. The quantitative estimate of drug-likeness (QED) is 0.487. The maximum atomic E-state index is 13.9. The zero-order valence-corrected chi connectivity index (χ0v) is 19.1. The Morgan fingerprint density at radius 3 is 2.50 bits per heavy atom. The van der Waals surface area contributed by atoms with E-state index in [4.69, 9.17) is 9.47 Å². The Balaban J connectivity index is 1.41. The lowest BCUT2D eigenvalue weighted by Crippen LogP contribution is -2.54. The first-order valence-corrected chi connectivity index (χ1v) is 11.8. The lowest BCUT2D eigenvalue weighted by atomic mass is 9.99. The van der Waals surface area contributed by atoms with Gasteiger partial charge < -0.3 is 24.3 Å².